The number of hydrogen-bond donors (Lipinski definition) is 3. The van der Waals surface area contributed by atoms with Crippen LogP contribution in [0.25, 0.3) is 0 Å². The maximum absolute atomic E-state index is 13.3. The predicted octanol–water partition coefficient (Wildman–Crippen LogP) is 3.25. The second kappa shape index (κ2) is 8.09. The second-order valence-electron chi connectivity index (χ2n) is 9.54. The van der Waals surface area contributed by atoms with Gasteiger partial charge in [0, 0.05) is 12.0 Å². The molecule has 6 atom stereocenters. The minimum Gasteiger partial charge on any atom is -0.512 e. The zero-order valence-corrected chi connectivity index (χ0v) is 20.5. The SMILES string of the molecule is CC[C@H](C)/C=C(C)/C=C/C1=CC2=C(Cl)C(=O)[C@@]3(C)OC(=O)/C(=C(/O)C[C@H](C)O)[C@]3(O)[C@@]23O[C@H]3O1. The Labute approximate surface area is 202 Å². The Balaban J connectivity index is 1.82. The first-order valence-electron chi connectivity index (χ1n) is 11.3. The summed E-state index contributed by atoms with van der Waals surface area (Å²) in [5.41, 5.74) is -5.71. The normalized spacial score (nSPS) is 37.9. The number of carbonyl (C=O) groups is 2. The first-order chi connectivity index (χ1) is 15.8. The third kappa shape index (κ3) is 3.23. The van der Waals surface area contributed by atoms with E-state index in [0.29, 0.717) is 11.7 Å². The van der Waals surface area contributed by atoms with Gasteiger partial charge in [-0.15, -0.1) is 0 Å². The third-order valence-electron chi connectivity index (χ3n) is 6.94. The minimum atomic E-state index is -2.43. The largest absolute Gasteiger partial charge is 0.512 e. The number of esters is 1. The van der Waals surface area contributed by atoms with Crippen LogP contribution in [-0.2, 0) is 23.8 Å². The van der Waals surface area contributed by atoms with Crippen molar-refractivity contribution in [3.8, 4) is 0 Å². The molecule has 1 spiro atoms. The molecule has 3 N–H and O–H groups in total. The minimum absolute atomic E-state index is 0.138. The van der Waals surface area contributed by atoms with Gasteiger partial charge >= 0.3 is 5.97 Å². The summed E-state index contributed by atoms with van der Waals surface area (Å²) in [4.78, 5) is 26.1. The van der Waals surface area contributed by atoms with E-state index >= 15 is 0 Å². The van der Waals surface area contributed by atoms with Gasteiger partial charge in [0.05, 0.1) is 11.1 Å². The molecule has 0 aromatic heterocycles. The Morgan fingerprint density at radius 1 is 1.32 bits per heavy atom. The monoisotopic (exact) mass is 492 g/mol. The Bertz CT molecular complexity index is 1110. The van der Waals surface area contributed by atoms with Crippen LogP contribution in [0.3, 0.4) is 0 Å². The highest BCUT2D eigenvalue weighted by Gasteiger charge is 2.88. The summed E-state index contributed by atoms with van der Waals surface area (Å²) >= 11 is 6.44. The van der Waals surface area contributed by atoms with E-state index in [0.717, 1.165) is 12.0 Å². The number of ether oxygens (including phenoxy) is 3. The summed E-state index contributed by atoms with van der Waals surface area (Å²) < 4.78 is 17.0. The molecule has 3 aliphatic heterocycles. The summed E-state index contributed by atoms with van der Waals surface area (Å²) in [5.74, 6) is -1.75. The molecule has 0 aromatic carbocycles. The average molecular weight is 493 g/mol. The van der Waals surface area contributed by atoms with Gasteiger partial charge in [0.2, 0.25) is 17.7 Å². The summed E-state index contributed by atoms with van der Waals surface area (Å²) in [5, 5.41) is 32.1. The molecular weight excluding hydrogens is 464 g/mol. The molecule has 0 aromatic rings. The molecule has 0 radical (unpaired) electrons. The van der Waals surface area contributed by atoms with Crippen LogP contribution < -0.4 is 0 Å². The molecule has 2 fully saturated rings. The standard InChI is InChI=1S/C25H29ClO8/c1-6-12(2)9-13(3)7-8-15-11-16-19(26)20(29)23(5)25(31,24(16)22(32-15)34-24)18(21(30)33-23)17(28)10-14(4)27/h7-9,11-12,14,22,27-28,31H,6,10H2,1-5H3/b8-7+,13-9+,18-17-/t12-,14-,22+,23+,24+,25+/m0/s1. The number of allylic oxidation sites excluding steroid dienone is 4. The van der Waals surface area contributed by atoms with Gasteiger partial charge in [-0.2, -0.15) is 0 Å². The number of ketones is 1. The highest BCUT2D eigenvalue weighted by molar-refractivity contribution is 6.45. The summed E-state index contributed by atoms with van der Waals surface area (Å²) in [6, 6.07) is 0. The van der Waals surface area contributed by atoms with E-state index in [-0.39, 0.29) is 17.0 Å². The summed E-state index contributed by atoms with van der Waals surface area (Å²) in [7, 11) is 0. The number of fused-ring (bicyclic) bond motifs is 1. The van der Waals surface area contributed by atoms with Gasteiger partial charge < -0.3 is 29.5 Å². The van der Waals surface area contributed by atoms with Crippen LogP contribution in [0, 0.1) is 5.92 Å². The molecule has 9 heteroatoms. The van der Waals surface area contributed by atoms with E-state index in [1.807, 2.05) is 13.0 Å². The predicted molar refractivity (Wildman–Crippen MR) is 122 cm³/mol. The van der Waals surface area contributed by atoms with Crippen molar-refractivity contribution in [1.29, 1.82) is 0 Å². The first kappa shape index (κ1) is 24.7. The van der Waals surface area contributed by atoms with Crippen LogP contribution in [0.15, 0.2) is 57.6 Å². The van der Waals surface area contributed by atoms with E-state index in [1.54, 1.807) is 6.08 Å². The Morgan fingerprint density at radius 3 is 2.62 bits per heavy atom. The molecule has 0 bridgehead atoms. The molecule has 2 saturated heterocycles. The van der Waals surface area contributed by atoms with Crippen molar-refractivity contribution >= 4 is 23.4 Å². The van der Waals surface area contributed by atoms with Gasteiger partial charge in [-0.25, -0.2) is 4.79 Å². The number of rotatable bonds is 6. The van der Waals surface area contributed by atoms with Crippen LogP contribution >= 0.6 is 11.6 Å². The van der Waals surface area contributed by atoms with Crippen molar-refractivity contribution in [2.75, 3.05) is 0 Å². The molecule has 0 amide bonds. The molecule has 4 aliphatic rings. The number of epoxide rings is 1. The molecule has 0 saturated carbocycles. The lowest BCUT2D eigenvalue weighted by molar-refractivity contribution is -0.173. The first-order valence-corrected chi connectivity index (χ1v) is 11.6. The maximum atomic E-state index is 13.3. The quantitative estimate of drug-likeness (QED) is 0.169. The lowest BCUT2D eigenvalue weighted by atomic mass is 9.62. The maximum Gasteiger partial charge on any atom is 0.341 e. The zero-order valence-electron chi connectivity index (χ0n) is 19.7. The van der Waals surface area contributed by atoms with Gasteiger partial charge in [-0.1, -0.05) is 49.6 Å². The number of halogens is 1. The highest BCUT2D eigenvalue weighted by Crippen LogP contribution is 2.67. The Morgan fingerprint density at radius 2 is 2.00 bits per heavy atom. The van der Waals surface area contributed by atoms with E-state index in [1.165, 1.54) is 19.9 Å². The lowest BCUT2D eigenvalue weighted by Crippen LogP contribution is -2.68. The topological polar surface area (TPSA) is 126 Å². The van der Waals surface area contributed by atoms with Gasteiger partial charge in [0.25, 0.3) is 0 Å². The van der Waals surface area contributed by atoms with Crippen molar-refractivity contribution in [3.05, 3.63) is 57.6 Å². The number of aliphatic hydroxyl groups is 3. The molecule has 1 aliphatic carbocycles. The van der Waals surface area contributed by atoms with Crippen LogP contribution in [-0.4, -0.2) is 56.3 Å². The van der Waals surface area contributed by atoms with Gasteiger partial charge in [-0.3, -0.25) is 4.79 Å². The van der Waals surface area contributed by atoms with E-state index in [9.17, 15) is 24.9 Å². The highest BCUT2D eigenvalue weighted by atomic mass is 35.5. The van der Waals surface area contributed by atoms with Gasteiger partial charge in [0.1, 0.15) is 17.1 Å². The van der Waals surface area contributed by atoms with E-state index < -0.39 is 52.3 Å². The van der Waals surface area contributed by atoms with Crippen LogP contribution in [0.1, 0.15) is 47.5 Å². The fourth-order valence-electron chi connectivity index (χ4n) is 4.93. The van der Waals surface area contributed by atoms with Crippen molar-refractivity contribution in [3.63, 3.8) is 0 Å². The van der Waals surface area contributed by atoms with Crippen LogP contribution in [0.5, 0.6) is 0 Å². The molecule has 184 valence electrons. The van der Waals surface area contributed by atoms with Crippen molar-refractivity contribution < 1.29 is 39.1 Å². The summed E-state index contributed by atoms with van der Waals surface area (Å²) in [6.45, 7) is 8.80. The van der Waals surface area contributed by atoms with Crippen LogP contribution in [0.4, 0.5) is 0 Å². The van der Waals surface area contributed by atoms with Crippen molar-refractivity contribution in [1.82, 2.24) is 0 Å². The molecule has 4 rings (SSSR count). The zero-order chi connectivity index (χ0) is 25.2. The number of carbonyl (C=O) groups excluding carboxylic acids is 2. The van der Waals surface area contributed by atoms with Crippen molar-refractivity contribution in [2.45, 2.75) is 76.7 Å². The molecule has 3 heterocycles. The number of Topliss-reactive ketones (excluding diaryl/α,β-unsaturated/α-hetero) is 1. The molecular formula is C25H29ClO8. The molecule has 8 nitrogen and oxygen atoms in total. The second-order valence-corrected chi connectivity index (χ2v) is 9.92. The van der Waals surface area contributed by atoms with Gasteiger partial charge in [-0.05, 0) is 38.8 Å². The smallest absolute Gasteiger partial charge is 0.341 e. The van der Waals surface area contributed by atoms with Gasteiger partial charge in [0.15, 0.2) is 11.2 Å². The average Bonchev–Trinajstić information content (AvgIpc) is 3.45. The van der Waals surface area contributed by atoms with Crippen molar-refractivity contribution in [2.24, 2.45) is 5.92 Å². The fraction of sp³-hybridized carbons (Fsp3) is 0.520. The lowest BCUT2D eigenvalue weighted by Gasteiger charge is -2.44. The van der Waals surface area contributed by atoms with Crippen LogP contribution in [0.2, 0.25) is 0 Å². The summed E-state index contributed by atoms with van der Waals surface area (Å²) in [6.07, 6.45) is 5.73. The number of hydrogen-bond acceptors (Lipinski definition) is 8. The number of aliphatic hydroxyl groups excluding tert-OH is 2. The fourth-order valence-corrected chi connectivity index (χ4v) is 5.30. The molecule has 34 heavy (non-hydrogen) atoms. The molecule has 0 unspecified atom stereocenters. The Hall–Kier alpha value is -2.39. The van der Waals surface area contributed by atoms with E-state index in [4.69, 9.17) is 25.8 Å². The Kier molecular flexibility index (Phi) is 5.88. The van der Waals surface area contributed by atoms with E-state index in [2.05, 4.69) is 19.9 Å². The third-order valence-corrected chi connectivity index (χ3v) is 7.31.